The van der Waals surface area contributed by atoms with E-state index in [1.54, 1.807) is 0 Å². The zero-order valence-electron chi connectivity index (χ0n) is 50.2. The Morgan fingerprint density at radius 1 is 0.286 bits per heavy atom. The highest BCUT2D eigenvalue weighted by atomic mass is 16.5. The summed E-state index contributed by atoms with van der Waals surface area (Å²) in [5.41, 5.74) is 18.6. The highest BCUT2D eigenvalue weighted by molar-refractivity contribution is 6.00. The van der Waals surface area contributed by atoms with Crippen LogP contribution < -0.4 is 14.2 Å². The monoisotopic (exact) mass is 1110 g/mol. The van der Waals surface area contributed by atoms with Crippen molar-refractivity contribution >= 4 is 33.4 Å². The van der Waals surface area contributed by atoms with E-state index in [-0.39, 0.29) is 6.04 Å². The molecule has 0 aliphatic carbocycles. The zero-order chi connectivity index (χ0) is 58.3. The largest absolute Gasteiger partial charge is 0.492 e. The lowest BCUT2D eigenvalue weighted by Gasteiger charge is -2.34. The first-order valence-corrected chi connectivity index (χ1v) is 30.1. The summed E-state index contributed by atoms with van der Waals surface area (Å²) in [7, 11) is 6.63. The molecule has 0 unspecified atom stereocenters. The lowest BCUT2D eigenvalue weighted by molar-refractivity contribution is 0.112. The second-order valence-corrected chi connectivity index (χ2v) is 21.6. The van der Waals surface area contributed by atoms with Crippen molar-refractivity contribution in [2.24, 2.45) is 0 Å². The second-order valence-electron chi connectivity index (χ2n) is 21.6. The van der Waals surface area contributed by atoms with Gasteiger partial charge in [0.05, 0.1) is 0 Å². The molecular formula is C78H83N3O3. The molecule has 9 aromatic carbocycles. The summed E-state index contributed by atoms with van der Waals surface area (Å²) < 4.78 is 19.5. The fourth-order valence-electron chi connectivity index (χ4n) is 11.4. The van der Waals surface area contributed by atoms with Gasteiger partial charge in [-0.25, -0.2) is 0 Å². The molecule has 0 spiro atoms. The predicted molar refractivity (Wildman–Crippen MR) is 354 cm³/mol. The Morgan fingerprint density at radius 2 is 0.512 bits per heavy atom. The number of rotatable bonds is 29. The maximum Gasteiger partial charge on any atom is 0.119 e. The molecular weight excluding hydrogens is 1030 g/mol. The van der Waals surface area contributed by atoms with Gasteiger partial charge in [0.15, 0.2) is 0 Å². The minimum atomic E-state index is 0.203. The SMILES string of the molecule is CC/C(=C(\c1ccccc1)c1ccc(OCCN(C)CC(CN(C)CCOc2ccc(/C(=C(/CC)c3ccccc3)c3ccccc3)cc2)N(C)CCOc2ccc(/C(=C(/CC)c3ccccc3)c3ccccc3)cc2)cc1)c1ccccc1. The van der Waals surface area contributed by atoms with E-state index in [2.05, 4.69) is 311 Å². The van der Waals surface area contributed by atoms with E-state index in [1.165, 1.54) is 83.5 Å². The first kappa shape index (κ1) is 60.1. The summed E-state index contributed by atoms with van der Waals surface area (Å²) in [5, 5.41) is 0. The molecule has 0 saturated carbocycles. The van der Waals surface area contributed by atoms with Crippen molar-refractivity contribution in [3.05, 3.63) is 305 Å². The quantitative estimate of drug-likeness (QED) is 0.0435. The van der Waals surface area contributed by atoms with Crippen LogP contribution in [-0.2, 0) is 0 Å². The highest BCUT2D eigenvalue weighted by Gasteiger charge is 2.21. The molecule has 0 heterocycles. The molecule has 9 aromatic rings. The first-order valence-electron chi connectivity index (χ1n) is 30.1. The van der Waals surface area contributed by atoms with Gasteiger partial charge < -0.3 is 24.0 Å². The van der Waals surface area contributed by atoms with E-state index in [1.807, 2.05) is 0 Å². The topological polar surface area (TPSA) is 37.4 Å². The van der Waals surface area contributed by atoms with Crippen LogP contribution in [0.2, 0.25) is 0 Å². The van der Waals surface area contributed by atoms with E-state index in [9.17, 15) is 0 Å². The number of hydrogen-bond acceptors (Lipinski definition) is 6. The normalized spacial score (nSPS) is 12.8. The molecule has 6 heteroatoms. The van der Waals surface area contributed by atoms with Crippen molar-refractivity contribution in [3.8, 4) is 17.2 Å². The molecule has 9 rings (SSSR count). The third-order valence-corrected chi connectivity index (χ3v) is 15.8. The lowest BCUT2D eigenvalue weighted by atomic mass is 9.88. The maximum absolute atomic E-state index is 6.53. The Balaban J connectivity index is 0.855. The van der Waals surface area contributed by atoms with Crippen LogP contribution in [0.1, 0.15) is 90.1 Å². The fraction of sp³-hybridized carbons (Fsp3) is 0.231. The number of hydrogen-bond donors (Lipinski definition) is 0. The molecule has 0 bridgehead atoms. The van der Waals surface area contributed by atoms with Crippen molar-refractivity contribution in [3.63, 3.8) is 0 Å². The van der Waals surface area contributed by atoms with Crippen molar-refractivity contribution in [2.45, 2.75) is 46.1 Å². The van der Waals surface area contributed by atoms with Crippen LogP contribution >= 0.6 is 0 Å². The van der Waals surface area contributed by atoms with Crippen LogP contribution in [0.4, 0.5) is 0 Å². The van der Waals surface area contributed by atoms with Crippen LogP contribution in [0.15, 0.2) is 255 Å². The van der Waals surface area contributed by atoms with Crippen LogP contribution in [-0.4, -0.2) is 94.4 Å². The summed E-state index contributed by atoms with van der Waals surface area (Å²) >= 11 is 0. The standard InChI is InChI=1S/C78H83N3O3/c1-7-73(60-28-16-10-17-29-60)76(63-34-22-13-23-35-63)66-40-46-70(47-41-66)82-55-52-79(4)58-69(81(6)54-57-84-72-50-44-68(45-51-72)78(65-38-26-15-27-39-65)75(9-3)62-32-20-12-21-33-62)59-80(5)53-56-83-71-48-42-67(43-49-71)77(64-36-24-14-25-37-64)74(8-2)61-30-18-11-19-31-61/h10-51,69H,7-9,52-59H2,1-6H3/b76-73-,77-74-,78-75-. The molecule has 0 aliphatic heterocycles. The Labute approximate surface area is 501 Å². The van der Waals surface area contributed by atoms with Gasteiger partial charge in [0, 0.05) is 38.8 Å². The average molecular weight is 1110 g/mol. The minimum Gasteiger partial charge on any atom is -0.492 e. The molecule has 0 radical (unpaired) electrons. The second kappa shape index (κ2) is 31.2. The molecule has 428 valence electrons. The predicted octanol–water partition coefficient (Wildman–Crippen LogP) is 17.5. The van der Waals surface area contributed by atoms with Gasteiger partial charge in [-0.1, -0.05) is 239 Å². The fourth-order valence-corrected chi connectivity index (χ4v) is 11.4. The van der Waals surface area contributed by atoms with E-state index in [4.69, 9.17) is 14.2 Å². The molecule has 0 saturated heterocycles. The molecule has 0 aliphatic rings. The summed E-state index contributed by atoms with van der Waals surface area (Å²) in [6.07, 6.45) is 2.76. The van der Waals surface area contributed by atoms with Gasteiger partial charge in [0.2, 0.25) is 0 Å². The molecule has 84 heavy (non-hydrogen) atoms. The first-order chi connectivity index (χ1) is 41.3. The summed E-state index contributed by atoms with van der Waals surface area (Å²) in [6, 6.07) is 90.6. The number of ether oxygens (including phenoxy) is 3. The van der Waals surface area contributed by atoms with E-state index in [0.717, 1.165) is 69.2 Å². The molecule has 0 atom stereocenters. The van der Waals surface area contributed by atoms with Crippen molar-refractivity contribution in [1.29, 1.82) is 0 Å². The van der Waals surface area contributed by atoms with Crippen LogP contribution in [0.5, 0.6) is 17.2 Å². The van der Waals surface area contributed by atoms with Gasteiger partial charge in [0.1, 0.15) is 37.1 Å². The highest BCUT2D eigenvalue weighted by Crippen LogP contribution is 2.38. The van der Waals surface area contributed by atoms with Gasteiger partial charge >= 0.3 is 0 Å². The van der Waals surface area contributed by atoms with Gasteiger partial charge in [-0.15, -0.1) is 0 Å². The zero-order valence-corrected chi connectivity index (χ0v) is 50.2. The van der Waals surface area contributed by atoms with E-state index in [0.29, 0.717) is 19.8 Å². The molecule has 0 N–H and O–H groups in total. The maximum atomic E-state index is 6.53. The van der Waals surface area contributed by atoms with Crippen molar-refractivity contribution < 1.29 is 14.2 Å². The lowest BCUT2D eigenvalue weighted by Crippen LogP contribution is -2.49. The number of benzene rings is 9. The van der Waals surface area contributed by atoms with Gasteiger partial charge in [-0.3, -0.25) is 4.90 Å². The molecule has 0 fully saturated rings. The summed E-state index contributed by atoms with van der Waals surface area (Å²) in [6.45, 7) is 12.4. The van der Waals surface area contributed by atoms with Gasteiger partial charge in [-0.05, 0) is 160 Å². The molecule has 0 aromatic heterocycles. The van der Waals surface area contributed by atoms with Crippen LogP contribution in [0.3, 0.4) is 0 Å². The third kappa shape index (κ3) is 16.4. The third-order valence-electron chi connectivity index (χ3n) is 15.8. The Morgan fingerprint density at radius 3 is 0.762 bits per heavy atom. The van der Waals surface area contributed by atoms with Gasteiger partial charge in [0.25, 0.3) is 0 Å². The van der Waals surface area contributed by atoms with Crippen molar-refractivity contribution in [2.75, 3.05) is 73.7 Å². The minimum absolute atomic E-state index is 0.203. The summed E-state index contributed by atoms with van der Waals surface area (Å²) in [4.78, 5) is 7.23. The Kier molecular flexibility index (Phi) is 22.3. The van der Waals surface area contributed by atoms with Crippen LogP contribution in [0, 0.1) is 0 Å². The van der Waals surface area contributed by atoms with E-state index < -0.39 is 0 Å². The van der Waals surface area contributed by atoms with E-state index >= 15 is 0 Å². The Hall–Kier alpha value is -8.52. The van der Waals surface area contributed by atoms with Gasteiger partial charge in [-0.2, -0.15) is 0 Å². The number of likely N-dealkylation sites (N-methyl/N-ethyl adjacent to an activating group) is 3. The van der Waals surface area contributed by atoms with Crippen LogP contribution in [0.25, 0.3) is 33.4 Å². The Bertz CT molecular complexity index is 3320. The summed E-state index contributed by atoms with van der Waals surface area (Å²) in [5.74, 6) is 2.60. The smallest absolute Gasteiger partial charge is 0.119 e. The number of nitrogens with zero attached hydrogens (tertiary/aromatic N) is 3. The molecule has 0 amide bonds. The average Bonchev–Trinajstić information content (AvgIpc) is 3.69. The number of allylic oxidation sites excluding steroid dienone is 3. The molecule has 6 nitrogen and oxygen atoms in total. The van der Waals surface area contributed by atoms with Crippen molar-refractivity contribution in [1.82, 2.24) is 14.7 Å².